The van der Waals surface area contributed by atoms with Crippen LogP contribution in [0.15, 0.2) is 9.52 Å². The van der Waals surface area contributed by atoms with Crippen LogP contribution in [0.3, 0.4) is 0 Å². The number of nitrogens with one attached hydrogen (secondary N) is 2. The predicted molar refractivity (Wildman–Crippen MR) is 119 cm³/mol. The first kappa shape index (κ1) is 25.1. The molecular formula is C18H35IN6O3. The molecule has 28 heavy (non-hydrogen) atoms. The summed E-state index contributed by atoms with van der Waals surface area (Å²) in [6.45, 7) is 9.03. The highest BCUT2D eigenvalue weighted by atomic mass is 127. The van der Waals surface area contributed by atoms with Crippen molar-refractivity contribution < 1.29 is 14.0 Å². The number of methoxy groups -OCH3 is 1. The summed E-state index contributed by atoms with van der Waals surface area (Å²) < 4.78 is 15.9. The summed E-state index contributed by atoms with van der Waals surface area (Å²) in [7, 11) is 3.52. The third kappa shape index (κ3) is 8.58. The lowest BCUT2D eigenvalue weighted by molar-refractivity contribution is 0.0683. The highest BCUT2D eigenvalue weighted by molar-refractivity contribution is 14.0. The number of guanidine groups is 1. The second kappa shape index (κ2) is 14.1. The van der Waals surface area contributed by atoms with Crippen molar-refractivity contribution in [3.8, 4) is 0 Å². The molecule has 0 spiro atoms. The number of likely N-dealkylation sites (tertiary alicyclic amines) is 1. The van der Waals surface area contributed by atoms with Gasteiger partial charge in [-0.25, -0.2) is 0 Å². The van der Waals surface area contributed by atoms with Crippen LogP contribution in [0.1, 0.15) is 50.9 Å². The van der Waals surface area contributed by atoms with E-state index in [1.807, 2.05) is 13.8 Å². The van der Waals surface area contributed by atoms with Crippen molar-refractivity contribution in [3.63, 3.8) is 0 Å². The second-order valence-corrected chi connectivity index (χ2v) is 6.68. The zero-order valence-electron chi connectivity index (χ0n) is 17.4. The number of piperidine rings is 1. The summed E-state index contributed by atoms with van der Waals surface area (Å²) >= 11 is 0. The van der Waals surface area contributed by atoms with Crippen LogP contribution in [0.25, 0.3) is 0 Å². The van der Waals surface area contributed by atoms with Crippen LogP contribution < -0.4 is 10.6 Å². The molecule has 1 aliphatic rings. The highest BCUT2D eigenvalue weighted by Gasteiger charge is 2.20. The van der Waals surface area contributed by atoms with E-state index >= 15 is 0 Å². The molecule has 1 saturated heterocycles. The number of hydrogen-bond donors (Lipinski definition) is 2. The van der Waals surface area contributed by atoms with Gasteiger partial charge in [-0.2, -0.15) is 4.98 Å². The van der Waals surface area contributed by atoms with Gasteiger partial charge in [0.2, 0.25) is 5.89 Å². The lowest BCUT2D eigenvalue weighted by Gasteiger charge is -2.33. The number of aromatic nitrogens is 2. The summed E-state index contributed by atoms with van der Waals surface area (Å²) in [5.74, 6) is 1.84. The van der Waals surface area contributed by atoms with Crippen LogP contribution in [-0.2, 0) is 16.0 Å². The molecule has 0 aliphatic carbocycles. The average Bonchev–Trinajstić information content (AvgIpc) is 3.16. The third-order valence-corrected chi connectivity index (χ3v) is 4.65. The quantitative estimate of drug-likeness (QED) is 0.214. The fraction of sp³-hybridized carbons (Fsp3) is 0.833. The monoisotopic (exact) mass is 510 g/mol. The fourth-order valence-electron chi connectivity index (χ4n) is 3.11. The van der Waals surface area contributed by atoms with Crippen molar-refractivity contribution in [2.24, 2.45) is 4.99 Å². The van der Waals surface area contributed by atoms with E-state index in [4.69, 9.17) is 14.0 Å². The molecule has 0 radical (unpaired) electrons. The largest absolute Gasteiger partial charge is 0.385 e. The Kier molecular flexibility index (Phi) is 12.6. The third-order valence-electron chi connectivity index (χ3n) is 4.65. The zero-order valence-corrected chi connectivity index (χ0v) is 19.8. The van der Waals surface area contributed by atoms with Crippen molar-refractivity contribution in [1.82, 2.24) is 25.7 Å². The Labute approximate surface area is 185 Å². The normalized spacial score (nSPS) is 17.2. The first-order valence-corrected chi connectivity index (χ1v) is 9.78. The first-order valence-electron chi connectivity index (χ1n) is 9.78. The maximum Gasteiger partial charge on any atom is 0.246 e. The Balaban J connectivity index is 0.00000392. The van der Waals surface area contributed by atoms with E-state index in [2.05, 4.69) is 30.7 Å². The first-order chi connectivity index (χ1) is 13.2. The fourth-order valence-corrected chi connectivity index (χ4v) is 3.11. The molecule has 1 aliphatic heterocycles. The van der Waals surface area contributed by atoms with Gasteiger partial charge in [-0.15, -0.1) is 24.0 Å². The lowest BCUT2D eigenvalue weighted by atomic mass is 10.1. The maximum absolute atomic E-state index is 5.48. The lowest BCUT2D eigenvalue weighted by Crippen LogP contribution is -2.48. The van der Waals surface area contributed by atoms with Gasteiger partial charge in [0.1, 0.15) is 6.10 Å². The molecule has 0 saturated carbocycles. The Hall–Kier alpha value is -0.980. The van der Waals surface area contributed by atoms with E-state index in [0.29, 0.717) is 30.9 Å². The number of halogens is 1. The Morgan fingerprint density at radius 2 is 2.14 bits per heavy atom. The average molecular weight is 510 g/mol. The molecule has 2 rings (SSSR count). The zero-order chi connectivity index (χ0) is 19.5. The van der Waals surface area contributed by atoms with Crippen LogP contribution in [0.5, 0.6) is 0 Å². The number of rotatable bonds is 10. The topological polar surface area (TPSA) is 97.0 Å². The Morgan fingerprint density at radius 1 is 1.39 bits per heavy atom. The van der Waals surface area contributed by atoms with Crippen LogP contribution in [0.4, 0.5) is 0 Å². The molecule has 9 nitrogen and oxygen atoms in total. The van der Waals surface area contributed by atoms with Crippen molar-refractivity contribution in [2.45, 2.75) is 51.8 Å². The second-order valence-electron chi connectivity index (χ2n) is 6.68. The summed E-state index contributed by atoms with van der Waals surface area (Å²) in [4.78, 5) is 11.2. The molecule has 2 heterocycles. The van der Waals surface area contributed by atoms with Crippen LogP contribution in [0.2, 0.25) is 0 Å². The highest BCUT2D eigenvalue weighted by Crippen LogP contribution is 2.13. The van der Waals surface area contributed by atoms with Crippen molar-refractivity contribution in [2.75, 3.05) is 47.0 Å². The van der Waals surface area contributed by atoms with Gasteiger partial charge in [-0.1, -0.05) is 5.16 Å². The Bertz CT molecular complexity index is 563. The summed E-state index contributed by atoms with van der Waals surface area (Å²) in [5.41, 5.74) is 0. The Morgan fingerprint density at radius 3 is 2.79 bits per heavy atom. The van der Waals surface area contributed by atoms with E-state index in [1.54, 1.807) is 14.2 Å². The van der Waals surface area contributed by atoms with Gasteiger partial charge >= 0.3 is 0 Å². The molecule has 10 heteroatoms. The van der Waals surface area contributed by atoms with E-state index < -0.39 is 0 Å². The molecule has 0 aromatic carbocycles. The van der Waals surface area contributed by atoms with Gasteiger partial charge < -0.3 is 29.5 Å². The predicted octanol–water partition coefficient (Wildman–Crippen LogP) is 1.95. The molecule has 1 aromatic heterocycles. The van der Waals surface area contributed by atoms with Gasteiger partial charge in [0.05, 0.1) is 6.54 Å². The van der Waals surface area contributed by atoms with E-state index in [9.17, 15) is 0 Å². The number of hydrogen-bond acceptors (Lipinski definition) is 7. The minimum absolute atomic E-state index is 0. The van der Waals surface area contributed by atoms with E-state index in [0.717, 1.165) is 51.5 Å². The van der Waals surface area contributed by atoms with Gasteiger partial charge in [-0.05, 0) is 33.1 Å². The molecule has 0 amide bonds. The molecule has 1 aromatic rings. The summed E-state index contributed by atoms with van der Waals surface area (Å²) in [6, 6.07) is 0.422. The molecule has 1 unspecified atom stereocenters. The van der Waals surface area contributed by atoms with E-state index in [-0.39, 0.29) is 30.1 Å². The standard InChI is InChI=1S/C18H34N6O3.HI/c1-5-26-14(2)17-22-16(27-23-17)13-20-18(19-3)21-15-7-10-24(11-8-15)9-6-12-25-4;/h14-15H,5-13H2,1-4H3,(H2,19,20,21);1H. The van der Waals surface area contributed by atoms with Crippen molar-refractivity contribution >= 4 is 29.9 Å². The summed E-state index contributed by atoms with van der Waals surface area (Å²) in [5, 5.41) is 10.7. The van der Waals surface area contributed by atoms with Crippen LogP contribution in [-0.4, -0.2) is 74.0 Å². The van der Waals surface area contributed by atoms with Gasteiger partial charge in [-0.3, -0.25) is 4.99 Å². The molecule has 0 bridgehead atoms. The minimum atomic E-state index is -0.168. The van der Waals surface area contributed by atoms with Crippen LogP contribution >= 0.6 is 24.0 Å². The number of nitrogens with zero attached hydrogens (tertiary/aromatic N) is 4. The molecule has 2 N–H and O–H groups in total. The summed E-state index contributed by atoms with van der Waals surface area (Å²) in [6.07, 6.45) is 3.12. The molecule has 1 fully saturated rings. The van der Waals surface area contributed by atoms with Crippen molar-refractivity contribution in [1.29, 1.82) is 0 Å². The van der Waals surface area contributed by atoms with Gasteiger partial charge in [0.15, 0.2) is 11.8 Å². The van der Waals surface area contributed by atoms with Gasteiger partial charge in [0, 0.05) is 53.0 Å². The SMILES string of the molecule is CCOC(C)c1noc(CNC(=NC)NC2CCN(CCCOC)CC2)n1.I. The smallest absolute Gasteiger partial charge is 0.246 e. The van der Waals surface area contributed by atoms with E-state index in [1.165, 1.54) is 0 Å². The maximum atomic E-state index is 5.48. The van der Waals surface area contributed by atoms with Crippen molar-refractivity contribution in [3.05, 3.63) is 11.7 Å². The minimum Gasteiger partial charge on any atom is -0.385 e. The number of aliphatic imine (C=N–C) groups is 1. The van der Waals surface area contributed by atoms with Crippen LogP contribution in [0, 0.1) is 0 Å². The van der Waals surface area contributed by atoms with Gasteiger partial charge in [0.25, 0.3) is 0 Å². The number of ether oxygens (including phenoxy) is 2. The molecule has 1 atom stereocenters. The molecular weight excluding hydrogens is 475 g/mol. The molecule has 162 valence electrons.